The second-order valence-electron chi connectivity index (χ2n) is 6.02. The van der Waals surface area contributed by atoms with E-state index in [0.29, 0.717) is 16.8 Å². The Hall–Kier alpha value is -3.58. The zero-order valence-electron chi connectivity index (χ0n) is 14.1. The molecule has 124 valence electrons. The summed E-state index contributed by atoms with van der Waals surface area (Å²) < 4.78 is 13.8. The van der Waals surface area contributed by atoms with Crippen LogP contribution in [0.2, 0.25) is 0 Å². The quantitative estimate of drug-likeness (QED) is 0.499. The van der Waals surface area contributed by atoms with Crippen LogP contribution in [0.5, 0.6) is 0 Å². The van der Waals surface area contributed by atoms with Gasteiger partial charge in [0.25, 0.3) is 0 Å². The highest BCUT2D eigenvalue weighted by molar-refractivity contribution is 6.01. The van der Waals surface area contributed by atoms with E-state index in [1.54, 1.807) is 18.3 Å². The molecule has 4 heteroatoms. The predicted molar refractivity (Wildman–Crippen MR) is 99.8 cm³/mol. The van der Waals surface area contributed by atoms with Gasteiger partial charge in [0.2, 0.25) is 0 Å². The molecular weight excluding hydrogens is 325 g/mol. The lowest BCUT2D eigenvalue weighted by Crippen LogP contribution is -1.96. The van der Waals surface area contributed by atoms with Crippen molar-refractivity contribution >= 4 is 10.8 Å². The fraction of sp³-hybridized carbons (Fsp3) is 0.0455. The van der Waals surface area contributed by atoms with E-state index in [4.69, 9.17) is 0 Å². The summed E-state index contributed by atoms with van der Waals surface area (Å²) in [5, 5.41) is 11.4. The third kappa shape index (κ3) is 2.70. The minimum atomic E-state index is -0.346. The molecule has 4 aromatic rings. The topological polar surface area (TPSA) is 49.6 Å². The number of nitrogens with zero attached hydrogens (tertiary/aromatic N) is 3. The van der Waals surface area contributed by atoms with Crippen molar-refractivity contribution < 1.29 is 4.39 Å². The van der Waals surface area contributed by atoms with Crippen molar-refractivity contribution in [3.05, 3.63) is 84.1 Å². The van der Waals surface area contributed by atoms with Gasteiger partial charge in [-0.3, -0.25) is 4.98 Å². The molecule has 0 spiro atoms. The van der Waals surface area contributed by atoms with E-state index >= 15 is 0 Å². The van der Waals surface area contributed by atoms with Crippen LogP contribution in [0.25, 0.3) is 33.2 Å². The number of aromatic nitrogens is 2. The van der Waals surface area contributed by atoms with E-state index in [-0.39, 0.29) is 5.82 Å². The monoisotopic (exact) mass is 339 g/mol. The van der Waals surface area contributed by atoms with Crippen LogP contribution >= 0.6 is 0 Å². The van der Waals surface area contributed by atoms with E-state index in [0.717, 1.165) is 27.7 Å². The second kappa shape index (κ2) is 6.38. The van der Waals surface area contributed by atoms with Crippen molar-refractivity contribution in [2.75, 3.05) is 0 Å². The number of halogens is 1. The number of nitriles is 1. The Morgan fingerprint density at radius 1 is 0.923 bits per heavy atom. The van der Waals surface area contributed by atoms with Crippen LogP contribution in [0.3, 0.4) is 0 Å². The first kappa shape index (κ1) is 15.9. The van der Waals surface area contributed by atoms with E-state index in [1.165, 1.54) is 12.1 Å². The van der Waals surface area contributed by atoms with Gasteiger partial charge in [-0.15, -0.1) is 0 Å². The van der Waals surface area contributed by atoms with Crippen LogP contribution in [0.4, 0.5) is 4.39 Å². The van der Waals surface area contributed by atoms with Crippen LogP contribution in [0, 0.1) is 24.1 Å². The van der Waals surface area contributed by atoms with Gasteiger partial charge in [0.15, 0.2) is 0 Å². The van der Waals surface area contributed by atoms with Crippen LogP contribution in [-0.4, -0.2) is 9.97 Å². The Bertz CT molecular complexity index is 1160. The molecule has 0 aliphatic heterocycles. The number of hydrogen-bond acceptors (Lipinski definition) is 3. The minimum absolute atomic E-state index is 0.291. The number of aryl methyl sites for hydroxylation is 1. The SMILES string of the molecule is Cc1nc(C#N)c(-c2cccc(F)c2)c2cc(-c3ccccn3)ccc12. The molecule has 3 nitrogen and oxygen atoms in total. The van der Waals surface area contributed by atoms with Gasteiger partial charge in [0, 0.05) is 28.4 Å². The summed E-state index contributed by atoms with van der Waals surface area (Å²) in [7, 11) is 0. The molecular formula is C22H14FN3. The van der Waals surface area contributed by atoms with Crippen molar-refractivity contribution in [2.45, 2.75) is 6.92 Å². The lowest BCUT2D eigenvalue weighted by molar-refractivity contribution is 0.628. The zero-order chi connectivity index (χ0) is 18.1. The molecule has 0 aliphatic rings. The van der Waals surface area contributed by atoms with Gasteiger partial charge in [-0.2, -0.15) is 5.26 Å². The molecule has 0 saturated heterocycles. The van der Waals surface area contributed by atoms with Gasteiger partial charge in [-0.25, -0.2) is 9.37 Å². The third-order valence-electron chi connectivity index (χ3n) is 4.37. The summed E-state index contributed by atoms with van der Waals surface area (Å²) >= 11 is 0. The molecule has 2 heterocycles. The molecule has 0 N–H and O–H groups in total. The Balaban J connectivity index is 2.08. The molecule has 0 fully saturated rings. The first-order valence-corrected chi connectivity index (χ1v) is 8.19. The molecule has 0 unspecified atom stereocenters. The number of hydrogen-bond donors (Lipinski definition) is 0. The van der Waals surface area contributed by atoms with E-state index in [9.17, 15) is 9.65 Å². The van der Waals surface area contributed by atoms with Crippen LogP contribution in [-0.2, 0) is 0 Å². The lowest BCUT2D eigenvalue weighted by atomic mass is 9.94. The maximum absolute atomic E-state index is 13.8. The maximum atomic E-state index is 13.8. The summed E-state index contributed by atoms with van der Waals surface area (Å²) in [6, 6.07) is 20.1. The number of pyridine rings is 2. The molecule has 2 aromatic heterocycles. The van der Waals surface area contributed by atoms with Crippen LogP contribution in [0.1, 0.15) is 11.4 Å². The first-order valence-electron chi connectivity index (χ1n) is 8.19. The molecule has 0 aliphatic carbocycles. The van der Waals surface area contributed by atoms with Gasteiger partial charge < -0.3 is 0 Å². The Labute approximate surface area is 150 Å². The summed E-state index contributed by atoms with van der Waals surface area (Å²) in [5.74, 6) is -0.346. The molecule has 4 rings (SSSR count). The average Bonchev–Trinajstić information content (AvgIpc) is 2.68. The first-order chi connectivity index (χ1) is 12.7. The number of rotatable bonds is 2. The summed E-state index contributed by atoms with van der Waals surface area (Å²) in [5.41, 5.74) is 4.11. The highest BCUT2D eigenvalue weighted by Gasteiger charge is 2.15. The van der Waals surface area contributed by atoms with Crippen molar-refractivity contribution in [2.24, 2.45) is 0 Å². The number of benzene rings is 2. The molecule has 0 saturated carbocycles. The third-order valence-corrected chi connectivity index (χ3v) is 4.37. The van der Waals surface area contributed by atoms with Gasteiger partial charge in [-0.1, -0.05) is 30.3 Å². The Kier molecular flexibility index (Phi) is 3.91. The smallest absolute Gasteiger partial charge is 0.149 e. The van der Waals surface area contributed by atoms with Gasteiger partial charge >= 0.3 is 0 Å². The maximum Gasteiger partial charge on any atom is 0.149 e. The van der Waals surface area contributed by atoms with Gasteiger partial charge in [-0.05, 0) is 48.2 Å². The highest BCUT2D eigenvalue weighted by atomic mass is 19.1. The zero-order valence-corrected chi connectivity index (χ0v) is 14.1. The Morgan fingerprint density at radius 2 is 1.81 bits per heavy atom. The van der Waals surface area contributed by atoms with Crippen LogP contribution in [0.15, 0.2) is 66.9 Å². The summed E-state index contributed by atoms with van der Waals surface area (Å²) in [4.78, 5) is 8.83. The normalized spacial score (nSPS) is 10.7. The summed E-state index contributed by atoms with van der Waals surface area (Å²) in [6.07, 6.45) is 1.74. The molecule has 26 heavy (non-hydrogen) atoms. The van der Waals surface area contributed by atoms with E-state index < -0.39 is 0 Å². The lowest BCUT2D eigenvalue weighted by Gasteiger charge is -2.13. The van der Waals surface area contributed by atoms with Crippen molar-refractivity contribution in [3.8, 4) is 28.5 Å². The van der Waals surface area contributed by atoms with E-state index in [2.05, 4.69) is 16.0 Å². The van der Waals surface area contributed by atoms with Crippen molar-refractivity contribution in [1.29, 1.82) is 5.26 Å². The molecule has 0 amide bonds. The second-order valence-corrected chi connectivity index (χ2v) is 6.02. The standard InChI is InChI=1S/C22H14FN3/c1-14-18-9-8-15(20-7-2-3-10-25-20)12-19(18)22(21(13-24)26-14)16-5-4-6-17(23)11-16/h2-12H,1H3. The molecule has 0 radical (unpaired) electrons. The highest BCUT2D eigenvalue weighted by Crippen LogP contribution is 2.35. The van der Waals surface area contributed by atoms with Crippen LogP contribution < -0.4 is 0 Å². The molecule has 2 aromatic carbocycles. The van der Waals surface area contributed by atoms with Crippen molar-refractivity contribution in [1.82, 2.24) is 9.97 Å². The molecule has 0 bridgehead atoms. The van der Waals surface area contributed by atoms with Gasteiger partial charge in [0.1, 0.15) is 17.6 Å². The average molecular weight is 339 g/mol. The Morgan fingerprint density at radius 3 is 2.54 bits per heavy atom. The largest absolute Gasteiger partial charge is 0.256 e. The predicted octanol–water partition coefficient (Wildman–Crippen LogP) is 5.28. The fourth-order valence-electron chi connectivity index (χ4n) is 3.19. The van der Waals surface area contributed by atoms with Gasteiger partial charge in [0.05, 0.1) is 5.69 Å². The summed E-state index contributed by atoms with van der Waals surface area (Å²) in [6.45, 7) is 1.87. The number of fused-ring (bicyclic) bond motifs is 1. The fourth-order valence-corrected chi connectivity index (χ4v) is 3.19. The minimum Gasteiger partial charge on any atom is -0.256 e. The molecule has 0 atom stereocenters. The van der Waals surface area contributed by atoms with E-state index in [1.807, 2.05) is 43.3 Å². The van der Waals surface area contributed by atoms with Crippen molar-refractivity contribution in [3.63, 3.8) is 0 Å².